The van der Waals surface area contributed by atoms with E-state index in [9.17, 15) is 14.9 Å². The molecule has 0 unspecified atom stereocenters. The van der Waals surface area contributed by atoms with Gasteiger partial charge < -0.3 is 5.73 Å². The van der Waals surface area contributed by atoms with E-state index in [1.54, 1.807) is 13.0 Å². The summed E-state index contributed by atoms with van der Waals surface area (Å²) in [5, 5.41) is 10.7. The van der Waals surface area contributed by atoms with E-state index >= 15 is 0 Å². The molecular formula is C8H7IN2O3. The van der Waals surface area contributed by atoms with E-state index in [0.717, 1.165) is 3.57 Å². The maximum Gasteiger partial charge on any atom is 0.285 e. The second kappa shape index (κ2) is 3.91. The fourth-order valence-corrected chi connectivity index (χ4v) is 1.94. The maximum atomic E-state index is 10.9. The van der Waals surface area contributed by atoms with Crippen molar-refractivity contribution >= 4 is 34.2 Å². The summed E-state index contributed by atoms with van der Waals surface area (Å²) in [6, 6.07) is 3.04. The van der Waals surface area contributed by atoms with Crippen molar-refractivity contribution in [3.63, 3.8) is 0 Å². The highest BCUT2D eigenvalue weighted by Gasteiger charge is 2.21. The smallest absolute Gasteiger partial charge is 0.285 e. The van der Waals surface area contributed by atoms with Gasteiger partial charge in [0.1, 0.15) is 5.56 Å². The zero-order chi connectivity index (χ0) is 10.9. The van der Waals surface area contributed by atoms with E-state index < -0.39 is 10.8 Å². The van der Waals surface area contributed by atoms with E-state index in [2.05, 4.69) is 0 Å². The van der Waals surface area contributed by atoms with Crippen molar-refractivity contribution in [3.8, 4) is 0 Å². The third-order valence-electron chi connectivity index (χ3n) is 1.71. The standard InChI is InChI=1S/C8H7IN2O3/c1-4-2-5(9)3-6(8(10)12)7(4)11(13)14/h2-3H,1H3,(H2,10,12). The Labute approximate surface area is 93.6 Å². The third-order valence-corrected chi connectivity index (χ3v) is 2.34. The highest BCUT2D eigenvalue weighted by molar-refractivity contribution is 14.1. The molecular weight excluding hydrogens is 299 g/mol. The fraction of sp³-hybridized carbons (Fsp3) is 0.125. The summed E-state index contributed by atoms with van der Waals surface area (Å²) in [4.78, 5) is 21.0. The molecule has 0 radical (unpaired) electrons. The first-order valence-electron chi connectivity index (χ1n) is 3.68. The summed E-state index contributed by atoms with van der Waals surface area (Å²) < 4.78 is 0.750. The number of halogens is 1. The first-order chi connectivity index (χ1) is 6.43. The van der Waals surface area contributed by atoms with Crippen LogP contribution < -0.4 is 5.73 Å². The molecule has 0 fully saturated rings. The van der Waals surface area contributed by atoms with Crippen molar-refractivity contribution in [2.24, 2.45) is 5.73 Å². The van der Waals surface area contributed by atoms with E-state index in [0.29, 0.717) is 5.56 Å². The predicted octanol–water partition coefficient (Wildman–Crippen LogP) is 1.61. The molecule has 0 aliphatic heterocycles. The van der Waals surface area contributed by atoms with Crippen molar-refractivity contribution in [1.82, 2.24) is 0 Å². The number of carbonyl (C=O) groups excluding carboxylic acids is 1. The van der Waals surface area contributed by atoms with Crippen molar-refractivity contribution in [3.05, 3.63) is 36.9 Å². The maximum absolute atomic E-state index is 10.9. The number of hydrogen-bond donors (Lipinski definition) is 1. The Morgan fingerprint density at radius 2 is 2.14 bits per heavy atom. The van der Waals surface area contributed by atoms with Gasteiger partial charge in [-0.05, 0) is 41.6 Å². The van der Waals surface area contributed by atoms with Crippen LogP contribution in [0.25, 0.3) is 0 Å². The van der Waals surface area contributed by atoms with Crippen LogP contribution in [0.5, 0.6) is 0 Å². The lowest BCUT2D eigenvalue weighted by molar-refractivity contribution is -0.385. The summed E-state index contributed by atoms with van der Waals surface area (Å²) in [6.45, 7) is 1.58. The van der Waals surface area contributed by atoms with Gasteiger partial charge >= 0.3 is 0 Å². The molecule has 6 heteroatoms. The van der Waals surface area contributed by atoms with Crippen LogP contribution in [0.4, 0.5) is 5.69 Å². The number of nitrogens with two attached hydrogens (primary N) is 1. The zero-order valence-corrected chi connectivity index (χ0v) is 9.44. The Balaban J connectivity index is 3.52. The first kappa shape index (κ1) is 10.9. The molecule has 2 N–H and O–H groups in total. The summed E-state index contributed by atoms with van der Waals surface area (Å²) >= 11 is 1.97. The molecule has 1 rings (SSSR count). The molecule has 0 saturated carbocycles. The van der Waals surface area contributed by atoms with Crippen LogP contribution in [-0.2, 0) is 0 Å². The number of nitro groups is 1. The van der Waals surface area contributed by atoms with Crippen LogP contribution in [0, 0.1) is 20.6 Å². The molecule has 1 amide bonds. The Morgan fingerprint density at radius 1 is 1.57 bits per heavy atom. The highest BCUT2D eigenvalue weighted by Crippen LogP contribution is 2.25. The number of nitrogens with zero attached hydrogens (tertiary/aromatic N) is 1. The number of carbonyl (C=O) groups is 1. The molecule has 0 aliphatic carbocycles. The van der Waals surface area contributed by atoms with E-state index in [1.807, 2.05) is 22.6 Å². The van der Waals surface area contributed by atoms with Crippen LogP contribution in [0.3, 0.4) is 0 Å². The predicted molar refractivity (Wildman–Crippen MR) is 59.1 cm³/mol. The molecule has 5 nitrogen and oxygen atoms in total. The van der Waals surface area contributed by atoms with Gasteiger partial charge in [0.05, 0.1) is 4.92 Å². The van der Waals surface area contributed by atoms with Gasteiger partial charge in [0.25, 0.3) is 11.6 Å². The minimum atomic E-state index is -0.779. The highest BCUT2D eigenvalue weighted by atomic mass is 127. The van der Waals surface area contributed by atoms with Gasteiger partial charge in [0.2, 0.25) is 0 Å². The quantitative estimate of drug-likeness (QED) is 0.511. The largest absolute Gasteiger partial charge is 0.365 e. The second-order valence-electron chi connectivity index (χ2n) is 2.74. The summed E-state index contributed by atoms with van der Waals surface area (Å²) in [5.41, 5.74) is 5.23. The van der Waals surface area contributed by atoms with Crippen LogP contribution in [-0.4, -0.2) is 10.8 Å². The number of benzene rings is 1. The second-order valence-corrected chi connectivity index (χ2v) is 3.99. The molecule has 0 aliphatic rings. The average Bonchev–Trinajstić information content (AvgIpc) is 2.01. The Bertz CT molecular complexity index is 417. The lowest BCUT2D eigenvalue weighted by Crippen LogP contribution is -2.14. The Morgan fingerprint density at radius 3 is 2.57 bits per heavy atom. The van der Waals surface area contributed by atoms with Gasteiger partial charge in [-0.15, -0.1) is 0 Å². The molecule has 14 heavy (non-hydrogen) atoms. The number of aryl methyl sites for hydroxylation is 1. The summed E-state index contributed by atoms with van der Waals surface area (Å²) in [5.74, 6) is -0.779. The lowest BCUT2D eigenvalue weighted by Gasteiger charge is -2.02. The van der Waals surface area contributed by atoms with Crippen molar-refractivity contribution in [2.75, 3.05) is 0 Å². The molecule has 0 atom stereocenters. The lowest BCUT2D eigenvalue weighted by atomic mass is 10.1. The van der Waals surface area contributed by atoms with Crippen LogP contribution in [0.2, 0.25) is 0 Å². The number of hydrogen-bond acceptors (Lipinski definition) is 3. The monoisotopic (exact) mass is 306 g/mol. The molecule has 0 aromatic heterocycles. The van der Waals surface area contributed by atoms with Crippen LogP contribution >= 0.6 is 22.6 Å². The van der Waals surface area contributed by atoms with E-state index in [4.69, 9.17) is 5.73 Å². The fourth-order valence-electron chi connectivity index (χ4n) is 1.17. The van der Waals surface area contributed by atoms with Gasteiger partial charge in [-0.3, -0.25) is 14.9 Å². The Kier molecular flexibility index (Phi) is 3.04. The van der Waals surface area contributed by atoms with Gasteiger partial charge in [-0.1, -0.05) is 0 Å². The molecule has 0 heterocycles. The number of rotatable bonds is 2. The van der Waals surface area contributed by atoms with E-state index in [-0.39, 0.29) is 11.3 Å². The van der Waals surface area contributed by atoms with Gasteiger partial charge in [-0.25, -0.2) is 0 Å². The van der Waals surface area contributed by atoms with E-state index in [1.165, 1.54) is 6.07 Å². The number of primary amides is 1. The topological polar surface area (TPSA) is 86.2 Å². The number of nitro benzene ring substituents is 1. The molecule has 1 aromatic carbocycles. The third kappa shape index (κ3) is 2.00. The SMILES string of the molecule is Cc1cc(I)cc(C(N)=O)c1[N+](=O)[O-]. The minimum absolute atomic E-state index is 0.0422. The first-order valence-corrected chi connectivity index (χ1v) is 4.75. The molecule has 0 spiro atoms. The molecule has 0 bridgehead atoms. The molecule has 74 valence electrons. The minimum Gasteiger partial charge on any atom is -0.365 e. The average molecular weight is 306 g/mol. The van der Waals surface area contributed by atoms with Crippen LogP contribution in [0.15, 0.2) is 12.1 Å². The van der Waals surface area contributed by atoms with Crippen molar-refractivity contribution in [2.45, 2.75) is 6.92 Å². The summed E-state index contributed by atoms with van der Waals surface area (Å²) in [6.07, 6.45) is 0. The Hall–Kier alpha value is -1.18. The van der Waals surface area contributed by atoms with Crippen molar-refractivity contribution < 1.29 is 9.72 Å². The van der Waals surface area contributed by atoms with Gasteiger partial charge in [0.15, 0.2) is 0 Å². The van der Waals surface area contributed by atoms with Gasteiger partial charge in [-0.2, -0.15) is 0 Å². The normalized spacial score (nSPS) is 9.86. The molecule has 1 aromatic rings. The zero-order valence-electron chi connectivity index (χ0n) is 7.28. The van der Waals surface area contributed by atoms with Gasteiger partial charge in [0, 0.05) is 9.13 Å². The molecule has 0 saturated heterocycles. The number of amides is 1. The van der Waals surface area contributed by atoms with Crippen LogP contribution in [0.1, 0.15) is 15.9 Å². The van der Waals surface area contributed by atoms with Crippen molar-refractivity contribution in [1.29, 1.82) is 0 Å². The summed E-state index contributed by atoms with van der Waals surface area (Å²) in [7, 11) is 0.